The Morgan fingerprint density at radius 2 is 2.33 bits per heavy atom. The van der Waals surface area contributed by atoms with Crippen molar-refractivity contribution in [1.82, 2.24) is 0 Å². The Kier molecular flexibility index (Phi) is 2.48. The van der Waals surface area contributed by atoms with Gasteiger partial charge in [-0.15, -0.1) is 12.4 Å². The minimum atomic E-state index is 0. The molecule has 0 amide bonds. The van der Waals surface area contributed by atoms with Crippen LogP contribution >= 0.6 is 12.4 Å². The summed E-state index contributed by atoms with van der Waals surface area (Å²) in [6.45, 7) is 0.955. The van der Waals surface area contributed by atoms with Gasteiger partial charge in [-0.3, -0.25) is 0 Å². The molecule has 1 rings (SSSR count). The average Bonchev–Trinajstić information content (AvgIpc) is 2.12. The quantitative estimate of drug-likeness (QED) is 0.474. The van der Waals surface area contributed by atoms with Crippen LogP contribution in [0.15, 0.2) is 0 Å². The Hall–Kier alpha value is 0.210. The Bertz CT molecular complexity index is 35.8. The van der Waals surface area contributed by atoms with Crippen molar-refractivity contribution < 1.29 is 9.84 Å². The van der Waals surface area contributed by atoms with E-state index in [1.54, 1.807) is 0 Å². The van der Waals surface area contributed by atoms with Gasteiger partial charge in [-0.05, 0) is 0 Å². The SMILES string of the molecule is Cl.OCC1CO1. The molecule has 0 aliphatic carbocycles. The Morgan fingerprint density at radius 3 is 2.33 bits per heavy atom. The summed E-state index contributed by atoms with van der Waals surface area (Å²) in [4.78, 5) is 0. The molecule has 1 unspecified atom stereocenters. The van der Waals surface area contributed by atoms with Crippen LogP contribution in [0, 0.1) is 0 Å². The van der Waals surface area contributed by atoms with E-state index in [1.165, 1.54) is 0 Å². The molecule has 6 heavy (non-hydrogen) atoms. The normalized spacial score (nSPS) is 28.5. The maximum Gasteiger partial charge on any atom is 0.104 e. The van der Waals surface area contributed by atoms with E-state index in [4.69, 9.17) is 5.11 Å². The van der Waals surface area contributed by atoms with E-state index in [0.717, 1.165) is 6.61 Å². The lowest BCUT2D eigenvalue weighted by Crippen LogP contribution is -1.88. The number of hydrogen-bond acceptors (Lipinski definition) is 2. The molecule has 1 fully saturated rings. The van der Waals surface area contributed by atoms with Crippen molar-refractivity contribution >= 4 is 12.4 Å². The molecular weight excluding hydrogens is 103 g/mol. The van der Waals surface area contributed by atoms with Gasteiger partial charge < -0.3 is 9.84 Å². The van der Waals surface area contributed by atoms with Crippen molar-refractivity contribution in [2.24, 2.45) is 0 Å². The summed E-state index contributed by atoms with van der Waals surface area (Å²) in [7, 11) is 0. The second-order valence-corrected chi connectivity index (χ2v) is 1.14. The van der Waals surface area contributed by atoms with Gasteiger partial charge in [0.15, 0.2) is 0 Å². The molecule has 1 aliphatic rings. The summed E-state index contributed by atoms with van der Waals surface area (Å²) in [5, 5.41) is 8.08. The fourth-order valence-electron chi connectivity index (χ4n) is 0.173. The predicted molar refractivity (Wildman–Crippen MR) is 24.1 cm³/mol. The highest BCUT2D eigenvalue weighted by atomic mass is 35.5. The van der Waals surface area contributed by atoms with Crippen molar-refractivity contribution in [3.8, 4) is 0 Å². The van der Waals surface area contributed by atoms with E-state index >= 15 is 0 Å². The number of halogens is 1. The molecule has 2 nitrogen and oxygen atoms in total. The lowest BCUT2D eigenvalue weighted by Gasteiger charge is -1.70. The zero-order valence-corrected chi connectivity index (χ0v) is 4.07. The number of aliphatic hydroxyl groups excluding tert-OH is 1. The van der Waals surface area contributed by atoms with Gasteiger partial charge in [-0.25, -0.2) is 0 Å². The lowest BCUT2D eigenvalue weighted by atomic mass is 10.5. The van der Waals surface area contributed by atoms with Gasteiger partial charge in [0, 0.05) is 0 Å². The van der Waals surface area contributed by atoms with Crippen molar-refractivity contribution in [2.45, 2.75) is 6.10 Å². The summed E-state index contributed by atoms with van der Waals surface area (Å²) >= 11 is 0. The Morgan fingerprint density at radius 1 is 1.83 bits per heavy atom. The van der Waals surface area contributed by atoms with Crippen LogP contribution in [0.5, 0.6) is 0 Å². The highest BCUT2D eigenvalue weighted by molar-refractivity contribution is 5.85. The first-order valence-corrected chi connectivity index (χ1v) is 1.66. The third-order valence-electron chi connectivity index (χ3n) is 0.606. The fourth-order valence-corrected chi connectivity index (χ4v) is 0.173. The molecule has 0 radical (unpaired) electrons. The molecule has 38 valence electrons. The third-order valence-corrected chi connectivity index (χ3v) is 0.606. The van der Waals surface area contributed by atoms with Crippen molar-refractivity contribution in [1.29, 1.82) is 0 Å². The van der Waals surface area contributed by atoms with E-state index in [-0.39, 0.29) is 25.1 Å². The topological polar surface area (TPSA) is 32.8 Å². The molecule has 0 saturated carbocycles. The zero-order valence-electron chi connectivity index (χ0n) is 3.26. The standard InChI is InChI=1S/C3H6O2.ClH/c4-1-3-2-5-3;/h3-4H,1-2H2;1H. The smallest absolute Gasteiger partial charge is 0.104 e. The Balaban J connectivity index is 0.000000250. The molecule has 3 heteroatoms. The molecule has 0 spiro atoms. The van der Waals surface area contributed by atoms with Crippen LogP contribution < -0.4 is 0 Å². The minimum Gasteiger partial charge on any atom is -0.394 e. The van der Waals surface area contributed by atoms with E-state index in [0.29, 0.717) is 0 Å². The molecular formula is C3H7ClO2. The summed E-state index contributed by atoms with van der Waals surface area (Å²) in [5.74, 6) is 0. The van der Waals surface area contributed by atoms with Gasteiger partial charge in [-0.1, -0.05) is 0 Å². The van der Waals surface area contributed by atoms with Crippen LogP contribution in [-0.2, 0) is 4.74 Å². The molecule has 1 heterocycles. The number of hydrogen-bond donors (Lipinski definition) is 1. The van der Waals surface area contributed by atoms with Gasteiger partial charge in [-0.2, -0.15) is 0 Å². The molecule has 0 aromatic heterocycles. The Labute approximate surface area is 42.5 Å². The van der Waals surface area contributed by atoms with E-state index in [1.807, 2.05) is 0 Å². The predicted octanol–water partition coefficient (Wildman–Crippen LogP) is -0.201. The fraction of sp³-hybridized carbons (Fsp3) is 1.00. The molecule has 0 aromatic rings. The number of ether oxygens (including phenoxy) is 1. The van der Waals surface area contributed by atoms with Crippen molar-refractivity contribution in [3.63, 3.8) is 0 Å². The van der Waals surface area contributed by atoms with Crippen LogP contribution in [0.4, 0.5) is 0 Å². The zero-order chi connectivity index (χ0) is 3.70. The molecule has 1 atom stereocenters. The van der Waals surface area contributed by atoms with Gasteiger partial charge >= 0.3 is 0 Å². The minimum absolute atomic E-state index is 0. The lowest BCUT2D eigenvalue weighted by molar-refractivity contribution is 0.244. The second-order valence-electron chi connectivity index (χ2n) is 1.14. The maximum absolute atomic E-state index is 8.08. The van der Waals surface area contributed by atoms with Crippen LogP contribution in [-0.4, -0.2) is 24.4 Å². The first kappa shape index (κ1) is 6.21. The van der Waals surface area contributed by atoms with Crippen LogP contribution in [0.25, 0.3) is 0 Å². The van der Waals surface area contributed by atoms with Crippen LogP contribution in [0.3, 0.4) is 0 Å². The summed E-state index contributed by atoms with van der Waals surface area (Å²) in [5.41, 5.74) is 0. The molecule has 1 aliphatic heterocycles. The van der Waals surface area contributed by atoms with Gasteiger partial charge in [0.05, 0.1) is 13.2 Å². The van der Waals surface area contributed by atoms with E-state index < -0.39 is 0 Å². The number of rotatable bonds is 1. The van der Waals surface area contributed by atoms with E-state index in [2.05, 4.69) is 4.74 Å². The van der Waals surface area contributed by atoms with Gasteiger partial charge in [0.25, 0.3) is 0 Å². The van der Waals surface area contributed by atoms with Crippen molar-refractivity contribution in [3.05, 3.63) is 0 Å². The number of epoxide rings is 1. The summed E-state index contributed by atoms with van der Waals surface area (Å²) in [6.07, 6.45) is 0.190. The largest absolute Gasteiger partial charge is 0.394 e. The molecule has 0 bridgehead atoms. The maximum atomic E-state index is 8.08. The number of aliphatic hydroxyl groups is 1. The van der Waals surface area contributed by atoms with Gasteiger partial charge in [0.2, 0.25) is 0 Å². The van der Waals surface area contributed by atoms with Crippen LogP contribution in [0.2, 0.25) is 0 Å². The summed E-state index contributed by atoms with van der Waals surface area (Å²) < 4.78 is 4.61. The highest BCUT2D eigenvalue weighted by Gasteiger charge is 2.19. The summed E-state index contributed by atoms with van der Waals surface area (Å²) in [6, 6.07) is 0. The molecule has 1 N–H and O–H groups in total. The first-order chi connectivity index (χ1) is 2.43. The third kappa shape index (κ3) is 1.60. The second kappa shape index (κ2) is 2.39. The highest BCUT2D eigenvalue weighted by Crippen LogP contribution is 2.04. The van der Waals surface area contributed by atoms with Crippen LogP contribution in [0.1, 0.15) is 0 Å². The molecule has 1 saturated heterocycles. The monoisotopic (exact) mass is 110 g/mol. The van der Waals surface area contributed by atoms with Gasteiger partial charge in [0.1, 0.15) is 6.10 Å². The molecule has 0 aromatic carbocycles. The van der Waals surface area contributed by atoms with E-state index in [9.17, 15) is 0 Å². The first-order valence-electron chi connectivity index (χ1n) is 1.66. The van der Waals surface area contributed by atoms with Crippen molar-refractivity contribution in [2.75, 3.05) is 13.2 Å². The average molecular weight is 111 g/mol.